The van der Waals surface area contributed by atoms with E-state index >= 15 is 0 Å². The predicted molar refractivity (Wildman–Crippen MR) is 122 cm³/mol. The Morgan fingerprint density at radius 2 is 1.88 bits per heavy atom. The van der Waals surface area contributed by atoms with Crippen LogP contribution in [0, 0.1) is 24.4 Å². The van der Waals surface area contributed by atoms with E-state index in [9.17, 15) is 13.2 Å². The Labute approximate surface area is 197 Å². The molecule has 7 nitrogen and oxygen atoms in total. The molecule has 0 saturated heterocycles. The number of ether oxygens (including phenoxy) is 1. The maximum Gasteiger partial charge on any atom is 0.229 e. The van der Waals surface area contributed by atoms with Crippen LogP contribution in [-0.2, 0) is 0 Å². The van der Waals surface area contributed by atoms with Crippen LogP contribution >= 0.6 is 11.6 Å². The Morgan fingerprint density at radius 1 is 1.09 bits per heavy atom. The van der Waals surface area contributed by atoms with Gasteiger partial charge in [0.15, 0.2) is 23.2 Å². The lowest BCUT2D eigenvalue weighted by Crippen LogP contribution is -2.34. The summed E-state index contributed by atoms with van der Waals surface area (Å²) >= 11 is 6.16. The zero-order valence-corrected chi connectivity index (χ0v) is 18.8. The summed E-state index contributed by atoms with van der Waals surface area (Å²) in [5.41, 5.74) is 1.95. The Kier molecular flexibility index (Phi) is 5.52. The number of hydrogen-bond acceptors (Lipinski definition) is 6. The van der Waals surface area contributed by atoms with E-state index in [2.05, 4.69) is 20.3 Å². The Bertz CT molecular complexity index is 1400. The third-order valence-corrected chi connectivity index (χ3v) is 5.85. The molecule has 34 heavy (non-hydrogen) atoms. The van der Waals surface area contributed by atoms with Crippen LogP contribution in [0.4, 0.5) is 30.6 Å². The number of anilines is 3. The fourth-order valence-electron chi connectivity index (χ4n) is 3.77. The molecule has 1 aliphatic heterocycles. The van der Waals surface area contributed by atoms with Crippen LogP contribution in [0.1, 0.15) is 17.3 Å². The largest absolute Gasteiger partial charge is 0.486 e. The molecule has 1 unspecified atom stereocenters. The molecule has 1 aliphatic rings. The van der Waals surface area contributed by atoms with Gasteiger partial charge in [-0.25, -0.2) is 23.1 Å². The first-order valence-electron chi connectivity index (χ1n) is 10.2. The lowest BCUT2D eigenvalue weighted by Gasteiger charge is -2.35. The maximum atomic E-state index is 14.7. The van der Waals surface area contributed by atoms with Crippen molar-refractivity contribution in [3.05, 3.63) is 82.8 Å². The van der Waals surface area contributed by atoms with Gasteiger partial charge in [-0.3, -0.25) is 0 Å². The zero-order valence-electron chi connectivity index (χ0n) is 18.1. The Hall–Kier alpha value is -3.79. The van der Waals surface area contributed by atoms with Crippen molar-refractivity contribution < 1.29 is 17.9 Å². The fourth-order valence-corrected chi connectivity index (χ4v) is 4.05. The summed E-state index contributed by atoms with van der Waals surface area (Å²) in [7, 11) is 1.74. The second-order valence-corrected chi connectivity index (χ2v) is 8.23. The number of nitrogens with zero attached hydrogens (tertiary/aromatic N) is 5. The molecule has 174 valence electrons. The zero-order chi connectivity index (χ0) is 24.0. The monoisotopic (exact) mass is 486 g/mol. The van der Waals surface area contributed by atoms with Gasteiger partial charge in [0.1, 0.15) is 12.4 Å². The van der Waals surface area contributed by atoms with Crippen molar-refractivity contribution in [2.24, 2.45) is 0 Å². The van der Waals surface area contributed by atoms with E-state index in [0.29, 0.717) is 28.5 Å². The van der Waals surface area contributed by atoms with Gasteiger partial charge in [-0.05, 0) is 42.8 Å². The minimum absolute atomic E-state index is 0.0823. The van der Waals surface area contributed by atoms with Crippen LogP contribution < -0.4 is 15.0 Å². The topological polar surface area (TPSA) is 68.1 Å². The molecular weight excluding hydrogens is 469 g/mol. The summed E-state index contributed by atoms with van der Waals surface area (Å²) < 4.78 is 49.4. The smallest absolute Gasteiger partial charge is 0.229 e. The van der Waals surface area contributed by atoms with Gasteiger partial charge >= 0.3 is 0 Å². The first kappa shape index (κ1) is 22.0. The number of aromatic nitrogens is 4. The number of likely N-dealkylation sites (N-methyl/N-ethyl adjacent to an activating group) is 1. The number of hydrogen-bond donors (Lipinski definition) is 1. The van der Waals surface area contributed by atoms with Crippen LogP contribution in [0.25, 0.3) is 5.69 Å². The number of imidazole rings is 1. The minimum Gasteiger partial charge on any atom is -0.486 e. The average Bonchev–Trinajstić information content (AvgIpc) is 3.23. The van der Waals surface area contributed by atoms with E-state index < -0.39 is 23.5 Å². The van der Waals surface area contributed by atoms with Crippen molar-refractivity contribution in [2.45, 2.75) is 13.0 Å². The summed E-state index contributed by atoms with van der Waals surface area (Å²) in [6.07, 6.45) is 4.76. The number of benzene rings is 2. The van der Waals surface area contributed by atoms with Gasteiger partial charge in [-0.15, -0.1) is 0 Å². The molecule has 0 amide bonds. The average molecular weight is 487 g/mol. The summed E-state index contributed by atoms with van der Waals surface area (Å²) in [5, 5.41) is 3.06. The van der Waals surface area contributed by atoms with Gasteiger partial charge in [-0.1, -0.05) is 11.6 Å². The van der Waals surface area contributed by atoms with Crippen molar-refractivity contribution in [3.63, 3.8) is 0 Å². The lowest BCUT2D eigenvalue weighted by molar-refractivity contribution is 0.264. The third-order valence-electron chi connectivity index (χ3n) is 5.53. The van der Waals surface area contributed by atoms with Crippen LogP contribution in [0.2, 0.25) is 5.02 Å². The lowest BCUT2D eigenvalue weighted by atomic mass is 10.0. The number of nitrogens with one attached hydrogen (secondary N) is 1. The van der Waals surface area contributed by atoms with Crippen molar-refractivity contribution in [3.8, 4) is 11.4 Å². The summed E-state index contributed by atoms with van der Waals surface area (Å²) in [4.78, 5) is 14.6. The van der Waals surface area contributed by atoms with Crippen molar-refractivity contribution in [1.29, 1.82) is 0 Å². The first-order valence-corrected chi connectivity index (χ1v) is 10.6. The highest BCUT2D eigenvalue weighted by Gasteiger charge is 2.30. The Morgan fingerprint density at radius 3 is 2.62 bits per heavy atom. The van der Waals surface area contributed by atoms with Crippen LogP contribution in [-0.4, -0.2) is 33.2 Å². The molecule has 1 N–H and O–H groups in total. The van der Waals surface area contributed by atoms with Gasteiger partial charge in [0.05, 0.1) is 29.9 Å². The molecule has 4 aromatic rings. The van der Waals surface area contributed by atoms with Gasteiger partial charge in [0.25, 0.3) is 0 Å². The summed E-state index contributed by atoms with van der Waals surface area (Å²) in [6.45, 7) is 1.97. The van der Waals surface area contributed by atoms with Crippen LogP contribution in [0.3, 0.4) is 0 Å². The van der Waals surface area contributed by atoms with Crippen molar-refractivity contribution in [1.82, 2.24) is 19.5 Å². The highest BCUT2D eigenvalue weighted by Crippen LogP contribution is 2.39. The number of fused-ring (bicyclic) bond motifs is 1. The molecule has 0 bridgehead atoms. The highest BCUT2D eigenvalue weighted by atomic mass is 35.5. The number of aryl methyl sites for hydroxylation is 1. The Balaban J connectivity index is 1.41. The van der Waals surface area contributed by atoms with Crippen LogP contribution in [0.5, 0.6) is 5.75 Å². The molecular formula is C23H18ClF3N6O. The van der Waals surface area contributed by atoms with Gasteiger partial charge in [-0.2, -0.15) is 4.98 Å². The van der Waals surface area contributed by atoms with Gasteiger partial charge < -0.3 is 19.5 Å². The second kappa shape index (κ2) is 8.53. The molecule has 0 aliphatic carbocycles. The quantitative estimate of drug-likeness (QED) is 0.392. The fraction of sp³-hybridized carbons (Fsp3) is 0.174. The molecule has 0 spiro atoms. The molecule has 3 heterocycles. The van der Waals surface area contributed by atoms with E-state index in [1.165, 1.54) is 12.3 Å². The van der Waals surface area contributed by atoms with Gasteiger partial charge in [0.2, 0.25) is 5.95 Å². The maximum absolute atomic E-state index is 14.7. The van der Waals surface area contributed by atoms with E-state index in [-0.39, 0.29) is 17.6 Å². The minimum atomic E-state index is -1.02. The van der Waals surface area contributed by atoms with E-state index in [0.717, 1.165) is 17.8 Å². The third kappa shape index (κ3) is 4.01. The van der Waals surface area contributed by atoms with Crippen molar-refractivity contribution >= 4 is 29.1 Å². The molecule has 0 radical (unpaired) electrons. The summed E-state index contributed by atoms with van der Waals surface area (Å²) in [6, 6.07) is 6.13. The predicted octanol–water partition coefficient (Wildman–Crippen LogP) is 5.35. The number of rotatable bonds is 4. The molecule has 2 aromatic heterocycles. The second-order valence-electron chi connectivity index (χ2n) is 7.82. The standard InChI is InChI=1S/C23H18ClF3N6O/c1-12-9-33(11-29-12)19-4-3-13(5-18(19)27)30-23-28-8-21-22(31-23)32(2)20(10-34-21)14-6-16(25)17(26)7-15(14)24/h3-9,11,20H,10H2,1-2H3,(H,28,30,31). The molecule has 5 rings (SSSR count). The highest BCUT2D eigenvalue weighted by molar-refractivity contribution is 6.31. The van der Waals surface area contributed by atoms with E-state index in [1.807, 2.05) is 6.92 Å². The normalized spacial score (nSPS) is 15.1. The first-order chi connectivity index (χ1) is 16.3. The molecule has 1 atom stereocenters. The SMILES string of the molecule is Cc1cn(-c2ccc(Nc3ncc4c(n3)N(C)C(c3cc(F)c(F)cc3Cl)CO4)cc2F)cn1. The van der Waals surface area contributed by atoms with E-state index in [1.54, 1.807) is 41.2 Å². The van der Waals surface area contributed by atoms with Crippen LogP contribution in [0.15, 0.2) is 49.1 Å². The molecule has 11 heteroatoms. The van der Waals surface area contributed by atoms with Gasteiger partial charge in [0, 0.05) is 24.0 Å². The van der Waals surface area contributed by atoms with E-state index in [4.69, 9.17) is 16.3 Å². The molecule has 0 saturated carbocycles. The molecule has 2 aromatic carbocycles. The number of halogens is 4. The summed E-state index contributed by atoms with van der Waals surface area (Å²) in [5.74, 6) is -1.44. The molecule has 0 fully saturated rings. The van der Waals surface area contributed by atoms with Crippen molar-refractivity contribution in [2.75, 3.05) is 23.9 Å².